The lowest BCUT2D eigenvalue weighted by atomic mass is 10.2. The van der Waals surface area contributed by atoms with Gasteiger partial charge < -0.3 is 9.84 Å². The van der Waals surface area contributed by atoms with Gasteiger partial charge in [-0.2, -0.15) is 0 Å². The lowest BCUT2D eigenvalue weighted by Gasteiger charge is -2.05. The number of aromatic carboxylic acids is 1. The van der Waals surface area contributed by atoms with Gasteiger partial charge in [0.2, 0.25) is 5.95 Å². The number of hydrogen-bond donors (Lipinski definition) is 1. The van der Waals surface area contributed by atoms with Gasteiger partial charge in [0.25, 0.3) is 0 Å². The summed E-state index contributed by atoms with van der Waals surface area (Å²) in [6, 6.07) is 0. The van der Waals surface area contributed by atoms with Crippen molar-refractivity contribution in [2.24, 2.45) is 0 Å². The monoisotopic (exact) mass is 232 g/mol. The molecule has 0 fully saturated rings. The largest absolute Gasteiger partial charge is 0.476 e. The average molecular weight is 232 g/mol. The molecule has 0 aromatic carbocycles. The van der Waals surface area contributed by atoms with Crippen LogP contribution >= 0.6 is 0 Å². The van der Waals surface area contributed by atoms with E-state index in [-0.39, 0.29) is 12.3 Å². The molecule has 0 aliphatic carbocycles. The normalized spacial score (nSPS) is 13.6. The highest BCUT2D eigenvalue weighted by Crippen LogP contribution is 2.21. The molecule has 0 unspecified atom stereocenters. The lowest BCUT2D eigenvalue weighted by molar-refractivity contribution is 0.0685. The Hall–Kier alpha value is -2.28. The van der Waals surface area contributed by atoms with Crippen LogP contribution in [0.25, 0.3) is 5.95 Å². The van der Waals surface area contributed by atoms with Crippen molar-refractivity contribution < 1.29 is 14.6 Å². The summed E-state index contributed by atoms with van der Waals surface area (Å²) in [5.74, 6) is -0.778. The summed E-state index contributed by atoms with van der Waals surface area (Å²) in [5.41, 5.74) is 1.18. The van der Waals surface area contributed by atoms with Crippen molar-refractivity contribution in [1.82, 2.24) is 19.5 Å². The van der Waals surface area contributed by atoms with Gasteiger partial charge in [0, 0.05) is 18.0 Å². The summed E-state index contributed by atoms with van der Waals surface area (Å²) in [4.78, 5) is 23.3. The summed E-state index contributed by atoms with van der Waals surface area (Å²) in [6.45, 7) is 0.570. The number of carboxylic acids is 1. The third-order valence-electron chi connectivity index (χ3n) is 2.50. The number of imidazole rings is 1. The van der Waals surface area contributed by atoms with Crippen LogP contribution in [0.3, 0.4) is 0 Å². The van der Waals surface area contributed by atoms with Crippen LogP contribution < -0.4 is 0 Å². The van der Waals surface area contributed by atoms with Crippen molar-refractivity contribution in [3.05, 3.63) is 35.7 Å². The fraction of sp³-hybridized carbons (Fsp3) is 0.200. The first kappa shape index (κ1) is 9.91. The zero-order chi connectivity index (χ0) is 11.8. The van der Waals surface area contributed by atoms with Gasteiger partial charge in [-0.15, -0.1) is 0 Å². The molecule has 0 atom stereocenters. The van der Waals surface area contributed by atoms with Crippen molar-refractivity contribution >= 4 is 5.97 Å². The number of ether oxygens (including phenoxy) is 1. The van der Waals surface area contributed by atoms with Crippen LogP contribution in [0.5, 0.6) is 0 Å². The second-order valence-electron chi connectivity index (χ2n) is 3.57. The zero-order valence-electron chi connectivity index (χ0n) is 8.70. The molecule has 0 bridgehead atoms. The molecule has 86 valence electrons. The van der Waals surface area contributed by atoms with Crippen LogP contribution in [-0.4, -0.2) is 30.6 Å². The van der Waals surface area contributed by atoms with Gasteiger partial charge in [-0.05, 0) is 0 Å². The Morgan fingerprint density at radius 3 is 3.00 bits per heavy atom. The van der Waals surface area contributed by atoms with Crippen molar-refractivity contribution in [1.29, 1.82) is 0 Å². The maximum Gasteiger partial charge on any atom is 0.355 e. The molecule has 17 heavy (non-hydrogen) atoms. The van der Waals surface area contributed by atoms with Gasteiger partial charge in [-0.3, -0.25) is 4.57 Å². The topological polar surface area (TPSA) is 90.1 Å². The Kier molecular flexibility index (Phi) is 2.12. The first-order valence-electron chi connectivity index (χ1n) is 4.95. The van der Waals surface area contributed by atoms with E-state index in [0.29, 0.717) is 23.8 Å². The first-order valence-corrected chi connectivity index (χ1v) is 4.95. The van der Waals surface area contributed by atoms with E-state index in [0.717, 1.165) is 0 Å². The molecule has 3 rings (SSSR count). The van der Waals surface area contributed by atoms with Gasteiger partial charge in [-0.25, -0.2) is 19.7 Å². The van der Waals surface area contributed by atoms with Crippen molar-refractivity contribution in [2.45, 2.75) is 13.2 Å². The van der Waals surface area contributed by atoms with Gasteiger partial charge in [0.05, 0.1) is 18.9 Å². The maximum absolute atomic E-state index is 11.1. The van der Waals surface area contributed by atoms with Gasteiger partial charge >= 0.3 is 5.97 Å². The second kappa shape index (κ2) is 3.63. The highest BCUT2D eigenvalue weighted by Gasteiger charge is 2.24. The predicted octanol–water partition coefficient (Wildman–Crippen LogP) is 0.391. The van der Waals surface area contributed by atoms with Crippen LogP contribution in [0.1, 0.15) is 21.7 Å². The van der Waals surface area contributed by atoms with E-state index in [1.807, 2.05) is 0 Å². The van der Waals surface area contributed by atoms with Crippen molar-refractivity contribution in [3.63, 3.8) is 0 Å². The predicted molar refractivity (Wildman–Crippen MR) is 54.6 cm³/mol. The fourth-order valence-electron chi connectivity index (χ4n) is 1.71. The molecule has 0 saturated carbocycles. The standard InChI is InChI=1S/C10H8N4O3/c15-9(16)8-6-3-17-4-7(6)12-10(13-8)14-2-1-11-5-14/h1-2,5H,3-4H2,(H,15,16). The fourth-order valence-corrected chi connectivity index (χ4v) is 1.71. The van der Waals surface area contributed by atoms with E-state index in [2.05, 4.69) is 15.0 Å². The molecule has 0 radical (unpaired) electrons. The highest BCUT2D eigenvalue weighted by molar-refractivity contribution is 5.87. The molecule has 0 saturated heterocycles. The Bertz CT molecular complexity index is 579. The van der Waals surface area contributed by atoms with Crippen LogP contribution in [0, 0.1) is 0 Å². The number of hydrogen-bond acceptors (Lipinski definition) is 5. The number of carboxylic acid groups (broad SMARTS) is 1. The van der Waals surface area contributed by atoms with Gasteiger partial charge in [-0.1, -0.05) is 0 Å². The third kappa shape index (κ3) is 1.56. The number of rotatable bonds is 2. The molecule has 0 amide bonds. The van der Waals surface area contributed by atoms with Crippen LogP contribution in [0.4, 0.5) is 0 Å². The molecule has 7 heteroatoms. The minimum Gasteiger partial charge on any atom is -0.476 e. The Morgan fingerprint density at radius 2 is 2.29 bits per heavy atom. The zero-order valence-corrected chi connectivity index (χ0v) is 8.70. The molecular formula is C10H8N4O3. The van der Waals surface area contributed by atoms with E-state index >= 15 is 0 Å². The highest BCUT2D eigenvalue weighted by atomic mass is 16.5. The number of carbonyl (C=O) groups is 1. The minimum atomic E-state index is -1.07. The van der Waals surface area contributed by atoms with E-state index in [1.165, 1.54) is 6.33 Å². The Morgan fingerprint density at radius 1 is 1.41 bits per heavy atom. The molecule has 3 heterocycles. The molecule has 0 spiro atoms. The van der Waals surface area contributed by atoms with E-state index in [4.69, 9.17) is 9.84 Å². The lowest BCUT2D eigenvalue weighted by Crippen LogP contribution is -2.11. The molecule has 2 aromatic heterocycles. The van der Waals surface area contributed by atoms with Crippen molar-refractivity contribution in [3.8, 4) is 5.95 Å². The molecule has 1 aliphatic heterocycles. The second-order valence-corrected chi connectivity index (χ2v) is 3.57. The van der Waals surface area contributed by atoms with E-state index in [1.54, 1.807) is 17.0 Å². The van der Waals surface area contributed by atoms with Crippen LogP contribution in [-0.2, 0) is 18.0 Å². The smallest absolute Gasteiger partial charge is 0.355 e. The molecule has 7 nitrogen and oxygen atoms in total. The summed E-state index contributed by atoms with van der Waals surface area (Å²) >= 11 is 0. The molecular weight excluding hydrogens is 224 g/mol. The summed E-state index contributed by atoms with van der Waals surface area (Å²) in [6.07, 6.45) is 4.75. The van der Waals surface area contributed by atoms with Gasteiger partial charge in [0.15, 0.2) is 5.69 Å². The first-order chi connectivity index (χ1) is 8.25. The maximum atomic E-state index is 11.1. The Labute approximate surface area is 95.7 Å². The SMILES string of the molecule is O=C(O)c1nc(-n2ccnc2)nc2c1COC2. The van der Waals surface area contributed by atoms with Crippen LogP contribution in [0.15, 0.2) is 18.7 Å². The summed E-state index contributed by atoms with van der Waals surface area (Å²) in [5, 5.41) is 9.10. The third-order valence-corrected chi connectivity index (χ3v) is 2.50. The number of aromatic nitrogens is 4. The van der Waals surface area contributed by atoms with Crippen molar-refractivity contribution in [2.75, 3.05) is 0 Å². The quantitative estimate of drug-likeness (QED) is 0.805. The van der Waals surface area contributed by atoms with E-state index in [9.17, 15) is 4.79 Å². The van der Waals surface area contributed by atoms with E-state index < -0.39 is 5.97 Å². The summed E-state index contributed by atoms with van der Waals surface area (Å²) < 4.78 is 6.75. The van der Waals surface area contributed by atoms with Gasteiger partial charge in [0.1, 0.15) is 6.33 Å². The summed E-state index contributed by atoms with van der Waals surface area (Å²) in [7, 11) is 0. The molecule has 1 N–H and O–H groups in total. The minimum absolute atomic E-state index is 0.00352. The Balaban J connectivity index is 2.20. The molecule has 1 aliphatic rings. The number of nitrogens with zero attached hydrogens (tertiary/aromatic N) is 4. The average Bonchev–Trinajstić information content (AvgIpc) is 2.98. The van der Waals surface area contributed by atoms with Crippen LogP contribution in [0.2, 0.25) is 0 Å². The molecule has 2 aromatic rings. The number of fused-ring (bicyclic) bond motifs is 1.